The first kappa shape index (κ1) is 83.1. The molecular formula is C72H85F4N3O15S3. The topological polar surface area (TPSA) is 271 Å². The number of aliphatic hydroxyl groups excluding tert-OH is 1. The van der Waals surface area contributed by atoms with Crippen LogP contribution in [0.2, 0.25) is 0 Å². The number of hydrogen-bond donors (Lipinski definition) is 1. The average Bonchev–Trinajstić information content (AvgIpc) is 0.846. The van der Waals surface area contributed by atoms with E-state index in [1.807, 2.05) is 13.8 Å². The minimum Gasteiger partial charge on any atom is -0.465 e. The first-order chi connectivity index (χ1) is 46.0. The third kappa shape index (κ3) is 27.4. The second-order valence-corrected chi connectivity index (χ2v) is 26.4. The highest BCUT2D eigenvalue weighted by atomic mass is 32.2. The maximum absolute atomic E-state index is 14.0. The first-order valence-corrected chi connectivity index (χ1v) is 34.6. The Hall–Kier alpha value is -8.13. The lowest BCUT2D eigenvalue weighted by Crippen LogP contribution is -2.30. The second kappa shape index (κ2) is 41.9. The van der Waals surface area contributed by atoms with Gasteiger partial charge in [-0.2, -0.15) is 0 Å². The molecule has 97 heavy (non-hydrogen) atoms. The van der Waals surface area contributed by atoms with Crippen molar-refractivity contribution in [2.45, 2.75) is 149 Å². The number of ether oxygens (including phenoxy) is 2. The van der Waals surface area contributed by atoms with Crippen LogP contribution in [0.15, 0.2) is 137 Å². The van der Waals surface area contributed by atoms with E-state index in [0.29, 0.717) is 27.9 Å². The molecule has 3 atom stereocenters. The molecule has 0 radical (unpaired) electrons. The van der Waals surface area contributed by atoms with Crippen LogP contribution in [-0.4, -0.2) is 91.4 Å². The van der Waals surface area contributed by atoms with E-state index in [-0.39, 0.29) is 91.4 Å². The van der Waals surface area contributed by atoms with Crippen LogP contribution in [0.4, 0.5) is 34.6 Å². The fourth-order valence-corrected chi connectivity index (χ4v) is 13.3. The highest BCUT2D eigenvalue weighted by Gasteiger charge is 2.33. The molecule has 0 saturated carbocycles. The van der Waals surface area contributed by atoms with Crippen LogP contribution < -0.4 is 0 Å². The molecule has 0 aliphatic carbocycles. The fraction of sp³-hybridized carbons (Fsp3) is 0.417. The van der Waals surface area contributed by atoms with Crippen LogP contribution in [0.1, 0.15) is 187 Å². The SMILES string of the molecule is CCCC[C@@](CC)(CO)CSc1ccc(F)cc1C(=O)c1cccc([N+](=O)[O-])c1.CCCC[C@@](CC)(COC(C)=O)CSC(C)=O.CCCC[C@@](CC)(COC(C)=O)CSc1ccc(F)cc1C(=O)c1cccc([N+](=O)[O-])c1.O=C(c1cccc([N+](=O)[O-])c1)c1cc(F)ccc1F. The van der Waals surface area contributed by atoms with Gasteiger partial charge in [-0.05, 0) is 93.1 Å². The summed E-state index contributed by atoms with van der Waals surface area (Å²) < 4.78 is 64.9. The molecule has 0 unspecified atom stereocenters. The lowest BCUT2D eigenvalue weighted by atomic mass is 9.83. The molecule has 6 aromatic carbocycles. The lowest BCUT2D eigenvalue weighted by Gasteiger charge is -2.32. The number of rotatable bonds is 34. The number of nitro groups is 3. The monoisotopic (exact) mass is 1400 g/mol. The molecule has 18 nitrogen and oxygen atoms in total. The second-order valence-electron chi connectivity index (χ2n) is 23.3. The van der Waals surface area contributed by atoms with Crippen molar-refractivity contribution in [3.63, 3.8) is 0 Å². The Morgan fingerprint density at radius 1 is 0.454 bits per heavy atom. The van der Waals surface area contributed by atoms with Gasteiger partial charge in [-0.15, -0.1) is 23.5 Å². The van der Waals surface area contributed by atoms with Crippen molar-refractivity contribution in [3.8, 4) is 0 Å². The third-order valence-electron chi connectivity index (χ3n) is 16.1. The predicted octanol–water partition coefficient (Wildman–Crippen LogP) is 18.4. The van der Waals surface area contributed by atoms with E-state index >= 15 is 0 Å². The van der Waals surface area contributed by atoms with E-state index in [1.165, 1.54) is 134 Å². The summed E-state index contributed by atoms with van der Waals surface area (Å²) in [5.74, 6) is -3.14. The van der Waals surface area contributed by atoms with Gasteiger partial charge < -0.3 is 14.6 Å². The zero-order chi connectivity index (χ0) is 72.5. The van der Waals surface area contributed by atoms with E-state index in [4.69, 9.17) is 9.47 Å². The van der Waals surface area contributed by atoms with E-state index in [1.54, 1.807) is 19.1 Å². The molecule has 25 heteroatoms. The predicted molar refractivity (Wildman–Crippen MR) is 370 cm³/mol. The number of esters is 2. The van der Waals surface area contributed by atoms with Gasteiger partial charge in [-0.25, -0.2) is 17.6 Å². The molecule has 0 saturated heterocycles. The number of benzene rings is 6. The lowest BCUT2D eigenvalue weighted by molar-refractivity contribution is -0.385. The quantitative estimate of drug-likeness (QED) is 0.00982. The summed E-state index contributed by atoms with van der Waals surface area (Å²) in [6.07, 6.45) is 11.5. The van der Waals surface area contributed by atoms with Crippen molar-refractivity contribution < 1.29 is 75.7 Å². The molecule has 0 heterocycles. The summed E-state index contributed by atoms with van der Waals surface area (Å²) in [7, 11) is 0. The number of ketones is 3. The number of nitrogens with zero attached hydrogens (tertiary/aromatic N) is 3. The third-order valence-corrected chi connectivity index (χ3v) is 20.1. The van der Waals surface area contributed by atoms with Gasteiger partial charge in [0.25, 0.3) is 17.1 Å². The van der Waals surface area contributed by atoms with Crippen LogP contribution >= 0.6 is 35.3 Å². The summed E-state index contributed by atoms with van der Waals surface area (Å²) >= 11 is 4.16. The van der Waals surface area contributed by atoms with Crippen molar-refractivity contribution in [2.24, 2.45) is 16.2 Å². The number of non-ortho nitro benzene ring substituents is 3. The van der Waals surface area contributed by atoms with Crippen molar-refractivity contribution in [3.05, 3.63) is 214 Å². The first-order valence-electron chi connectivity index (χ1n) is 31.7. The Balaban J connectivity index is 0.000000348. The molecule has 524 valence electrons. The fourth-order valence-electron chi connectivity index (χ4n) is 9.63. The van der Waals surface area contributed by atoms with Crippen molar-refractivity contribution >= 4 is 86.8 Å². The zero-order valence-electron chi connectivity index (χ0n) is 56.1. The molecule has 0 amide bonds. The highest BCUT2D eigenvalue weighted by molar-refractivity contribution is 8.13. The molecule has 0 bridgehead atoms. The zero-order valence-corrected chi connectivity index (χ0v) is 58.5. The van der Waals surface area contributed by atoms with E-state index in [9.17, 15) is 81.8 Å². The molecule has 0 aliphatic heterocycles. The van der Waals surface area contributed by atoms with Crippen molar-refractivity contribution in [1.82, 2.24) is 0 Å². The number of halogens is 4. The van der Waals surface area contributed by atoms with Gasteiger partial charge in [0.15, 0.2) is 22.5 Å². The highest BCUT2D eigenvalue weighted by Crippen LogP contribution is 2.40. The number of carbonyl (C=O) groups excluding carboxylic acids is 6. The van der Waals surface area contributed by atoms with E-state index in [0.717, 1.165) is 113 Å². The van der Waals surface area contributed by atoms with Crippen molar-refractivity contribution in [2.75, 3.05) is 37.1 Å². The molecule has 0 aromatic heterocycles. The van der Waals surface area contributed by atoms with Crippen molar-refractivity contribution in [1.29, 1.82) is 0 Å². The van der Waals surface area contributed by atoms with E-state index < -0.39 is 61.0 Å². The van der Waals surface area contributed by atoms with Gasteiger partial charge in [-0.3, -0.25) is 59.1 Å². The molecule has 0 aliphatic rings. The number of hydrogen-bond acceptors (Lipinski definition) is 18. The van der Waals surface area contributed by atoms with Crippen LogP contribution in [0, 0.1) is 69.9 Å². The smallest absolute Gasteiger partial charge is 0.302 e. The van der Waals surface area contributed by atoms with Crippen LogP contribution in [0.25, 0.3) is 0 Å². The summed E-state index contributed by atoms with van der Waals surface area (Å²) in [6.45, 7) is 17.6. The molecule has 0 fully saturated rings. The van der Waals surface area contributed by atoms with Gasteiger partial charge in [0, 0.05) is 135 Å². The molecular weight excluding hydrogens is 1320 g/mol. The van der Waals surface area contributed by atoms with E-state index in [2.05, 4.69) is 27.7 Å². The summed E-state index contributed by atoms with van der Waals surface area (Å²) in [5.41, 5.74) is -1.19. The Labute approximate surface area is 576 Å². The van der Waals surface area contributed by atoms with Crippen LogP contribution in [0.5, 0.6) is 0 Å². The maximum Gasteiger partial charge on any atom is 0.302 e. The number of unbranched alkanes of at least 4 members (excludes halogenated alkanes) is 3. The van der Waals surface area contributed by atoms with Gasteiger partial charge >= 0.3 is 11.9 Å². The summed E-state index contributed by atoms with van der Waals surface area (Å²) in [5, 5.41) is 42.8. The molecule has 0 spiro atoms. The van der Waals surface area contributed by atoms with Gasteiger partial charge in [0.2, 0.25) is 0 Å². The molecule has 6 aromatic rings. The average molecular weight is 1400 g/mol. The normalized spacial score (nSPS) is 12.6. The minimum absolute atomic E-state index is 0.0436. The Bertz CT molecular complexity index is 3650. The Kier molecular flexibility index (Phi) is 35.9. The maximum atomic E-state index is 14.0. The minimum atomic E-state index is -0.877. The summed E-state index contributed by atoms with van der Waals surface area (Å²) in [6, 6.07) is 26.2. The van der Waals surface area contributed by atoms with Gasteiger partial charge in [0.1, 0.15) is 23.3 Å². The Morgan fingerprint density at radius 3 is 1.11 bits per heavy atom. The van der Waals surface area contributed by atoms with Crippen LogP contribution in [0.3, 0.4) is 0 Å². The number of aliphatic hydroxyl groups is 1. The van der Waals surface area contributed by atoms with Gasteiger partial charge in [0.05, 0.1) is 33.5 Å². The standard InChI is InChI=1S/C24H28FNO5S.C22H26FNO4S.C13H7F2NO3.C13H24O3S/c1-4-6-12-24(5-2,15-31-17(3)27)16-32-22-11-10-19(25)14-21(22)23(28)18-8-7-9-20(13-18)26(29)30;1-3-5-11-22(4-2,14-25)15-29-20-10-9-17(23)13-19(20)21(26)16-7-6-8-18(12-16)24(27)28;14-9-4-5-12(15)11(7-9)13(17)8-2-1-3-10(6-8)16(18)19;1-5-7-8-13(6-2,9-16-11(3)14)10-17-12(4)15/h7-11,13-14H,4-6,12,15-16H2,1-3H3;6-10,12-13,25H,3-5,11,14-15H2,1-2H3;1-7H;5-10H2,1-4H3/t24-;22-;;13-/m00.0/s1. The molecule has 1 N–H and O–H groups in total. The number of thioether (sulfide) groups is 3. The largest absolute Gasteiger partial charge is 0.465 e. The number of carbonyl (C=O) groups is 6. The molecule has 6 rings (SSSR count). The van der Waals surface area contributed by atoms with Gasteiger partial charge in [-0.1, -0.05) is 128 Å². The van der Waals surface area contributed by atoms with Crippen LogP contribution in [-0.2, 0) is 23.9 Å². The summed E-state index contributed by atoms with van der Waals surface area (Å²) in [4.78, 5) is 103. The number of nitro benzene ring substituents is 3. The Morgan fingerprint density at radius 2 is 0.784 bits per heavy atom.